The number of nitrogens with one attached hydrogen (secondary N) is 1. The highest BCUT2D eigenvalue weighted by molar-refractivity contribution is 5.97. The van der Waals surface area contributed by atoms with Crippen LogP contribution in [0.1, 0.15) is 28.1 Å². The van der Waals surface area contributed by atoms with Crippen molar-refractivity contribution >= 4 is 11.5 Å². The van der Waals surface area contributed by atoms with Crippen molar-refractivity contribution in [3.05, 3.63) is 53.5 Å². The minimum atomic E-state index is 0.0960. The van der Waals surface area contributed by atoms with Gasteiger partial charge >= 0.3 is 0 Å². The van der Waals surface area contributed by atoms with E-state index < -0.39 is 0 Å². The van der Waals surface area contributed by atoms with E-state index in [1.165, 1.54) is 0 Å². The van der Waals surface area contributed by atoms with Gasteiger partial charge in [0.15, 0.2) is 5.78 Å². The molecule has 0 saturated carbocycles. The highest BCUT2D eigenvalue weighted by Gasteiger charge is 2.07. The molecular weight excluding hydrogens is 240 g/mol. The van der Waals surface area contributed by atoms with Crippen molar-refractivity contribution in [2.24, 2.45) is 0 Å². The molecule has 4 nitrogen and oxygen atoms in total. The molecule has 0 radical (unpaired) electrons. The monoisotopic (exact) mass is 258 g/mol. The Bertz CT molecular complexity index is 547. The van der Waals surface area contributed by atoms with Crippen LogP contribution in [-0.4, -0.2) is 12.3 Å². The third-order valence-electron chi connectivity index (χ3n) is 3.01. The number of anilines is 1. The van der Waals surface area contributed by atoms with Crippen LogP contribution in [0.25, 0.3) is 0 Å². The normalized spacial score (nSPS) is 10.6. The fourth-order valence-corrected chi connectivity index (χ4v) is 1.78. The Morgan fingerprint density at radius 3 is 2.89 bits per heavy atom. The first-order valence-electron chi connectivity index (χ1n) is 6.29. The van der Waals surface area contributed by atoms with Gasteiger partial charge in [-0.05, 0) is 30.7 Å². The van der Waals surface area contributed by atoms with E-state index in [0.29, 0.717) is 30.8 Å². The van der Waals surface area contributed by atoms with Crippen LogP contribution in [-0.2, 0) is 6.54 Å². The van der Waals surface area contributed by atoms with Gasteiger partial charge < -0.3 is 15.5 Å². The predicted octanol–water partition coefficient (Wildman–Crippen LogP) is 2.53. The standard InChI is InChI=1S/C15H18N2O2/c1-11-4-5-12(9-14(11)16)15(18)6-7-17-10-13-3-2-8-19-13/h2-5,8-9,17H,6-7,10,16H2,1H3. The maximum absolute atomic E-state index is 12.0. The fraction of sp³-hybridized carbons (Fsp3) is 0.267. The van der Waals surface area contributed by atoms with Crippen LogP contribution in [0.15, 0.2) is 41.0 Å². The average Bonchev–Trinajstić information content (AvgIpc) is 2.91. The molecule has 100 valence electrons. The second-order valence-corrected chi connectivity index (χ2v) is 4.50. The van der Waals surface area contributed by atoms with Gasteiger partial charge in [-0.15, -0.1) is 0 Å². The summed E-state index contributed by atoms with van der Waals surface area (Å²) in [5.41, 5.74) is 8.12. The Morgan fingerprint density at radius 1 is 1.37 bits per heavy atom. The van der Waals surface area contributed by atoms with E-state index in [9.17, 15) is 4.79 Å². The number of ketones is 1. The van der Waals surface area contributed by atoms with Gasteiger partial charge in [-0.3, -0.25) is 4.79 Å². The molecule has 4 heteroatoms. The van der Waals surface area contributed by atoms with Crippen LogP contribution in [0.3, 0.4) is 0 Å². The van der Waals surface area contributed by atoms with Crippen LogP contribution in [0.2, 0.25) is 0 Å². The molecule has 3 N–H and O–H groups in total. The second kappa shape index (κ2) is 6.20. The summed E-state index contributed by atoms with van der Waals surface area (Å²) in [6, 6.07) is 9.18. The summed E-state index contributed by atoms with van der Waals surface area (Å²) < 4.78 is 5.19. The number of benzene rings is 1. The molecule has 1 aromatic carbocycles. The lowest BCUT2D eigenvalue weighted by Gasteiger charge is -2.05. The molecule has 0 aliphatic heterocycles. The van der Waals surface area contributed by atoms with E-state index in [4.69, 9.17) is 10.2 Å². The highest BCUT2D eigenvalue weighted by atomic mass is 16.3. The highest BCUT2D eigenvalue weighted by Crippen LogP contribution is 2.14. The summed E-state index contributed by atoms with van der Waals surface area (Å²) in [4.78, 5) is 12.0. The summed E-state index contributed by atoms with van der Waals surface area (Å²) in [6.07, 6.45) is 2.08. The van der Waals surface area contributed by atoms with Gasteiger partial charge in [0.05, 0.1) is 12.8 Å². The SMILES string of the molecule is Cc1ccc(C(=O)CCNCc2ccco2)cc1N. The summed E-state index contributed by atoms with van der Waals surface area (Å²) in [5.74, 6) is 0.964. The number of furan rings is 1. The molecule has 2 aromatic rings. The Labute approximate surface area is 112 Å². The Morgan fingerprint density at radius 2 is 2.21 bits per heavy atom. The Hall–Kier alpha value is -2.07. The number of hydrogen-bond donors (Lipinski definition) is 2. The van der Waals surface area contributed by atoms with Crippen molar-refractivity contribution in [3.8, 4) is 0 Å². The maximum Gasteiger partial charge on any atom is 0.164 e. The van der Waals surface area contributed by atoms with E-state index in [2.05, 4.69) is 5.32 Å². The lowest BCUT2D eigenvalue weighted by atomic mass is 10.0. The molecular formula is C15H18N2O2. The number of carbonyl (C=O) groups is 1. The first-order valence-corrected chi connectivity index (χ1v) is 6.29. The largest absolute Gasteiger partial charge is 0.468 e. The van der Waals surface area contributed by atoms with Gasteiger partial charge in [0.1, 0.15) is 5.76 Å². The van der Waals surface area contributed by atoms with Crippen molar-refractivity contribution in [2.75, 3.05) is 12.3 Å². The molecule has 0 spiro atoms. The summed E-state index contributed by atoms with van der Waals surface area (Å²) in [5, 5.41) is 3.17. The molecule has 2 rings (SSSR count). The van der Waals surface area contributed by atoms with Gasteiger partial charge in [-0.2, -0.15) is 0 Å². The van der Waals surface area contributed by atoms with Gasteiger partial charge in [-0.1, -0.05) is 12.1 Å². The van der Waals surface area contributed by atoms with Crippen molar-refractivity contribution < 1.29 is 9.21 Å². The Kier molecular flexibility index (Phi) is 4.36. The third-order valence-corrected chi connectivity index (χ3v) is 3.01. The van der Waals surface area contributed by atoms with Crippen molar-refractivity contribution in [1.82, 2.24) is 5.32 Å². The van der Waals surface area contributed by atoms with Crippen molar-refractivity contribution in [3.63, 3.8) is 0 Å². The van der Waals surface area contributed by atoms with Gasteiger partial charge in [0.2, 0.25) is 0 Å². The molecule has 0 amide bonds. The molecule has 1 heterocycles. The second-order valence-electron chi connectivity index (χ2n) is 4.50. The van der Waals surface area contributed by atoms with E-state index >= 15 is 0 Å². The van der Waals surface area contributed by atoms with Crippen LogP contribution < -0.4 is 11.1 Å². The molecule has 0 aliphatic rings. The molecule has 0 unspecified atom stereocenters. The average molecular weight is 258 g/mol. The predicted molar refractivity (Wildman–Crippen MR) is 75.0 cm³/mol. The number of nitrogen functional groups attached to an aromatic ring is 1. The molecule has 0 atom stereocenters. The molecule has 1 aromatic heterocycles. The van der Waals surface area contributed by atoms with Gasteiger partial charge in [-0.25, -0.2) is 0 Å². The van der Waals surface area contributed by atoms with Crippen LogP contribution >= 0.6 is 0 Å². The minimum absolute atomic E-state index is 0.0960. The quantitative estimate of drug-likeness (QED) is 0.474. The van der Waals surface area contributed by atoms with E-state index in [1.54, 1.807) is 12.3 Å². The lowest BCUT2D eigenvalue weighted by molar-refractivity contribution is 0.0982. The number of carbonyl (C=O) groups excluding carboxylic acids is 1. The number of Topliss-reactive ketones (excluding diaryl/α,β-unsaturated/α-hetero) is 1. The van der Waals surface area contributed by atoms with Gasteiger partial charge in [0.25, 0.3) is 0 Å². The maximum atomic E-state index is 12.0. The smallest absolute Gasteiger partial charge is 0.164 e. The summed E-state index contributed by atoms with van der Waals surface area (Å²) in [6.45, 7) is 3.18. The van der Waals surface area contributed by atoms with E-state index in [-0.39, 0.29) is 5.78 Å². The number of hydrogen-bond acceptors (Lipinski definition) is 4. The molecule has 0 saturated heterocycles. The van der Waals surface area contributed by atoms with Crippen molar-refractivity contribution in [2.45, 2.75) is 19.9 Å². The minimum Gasteiger partial charge on any atom is -0.468 e. The van der Waals surface area contributed by atoms with Crippen molar-refractivity contribution in [1.29, 1.82) is 0 Å². The Balaban J connectivity index is 1.79. The zero-order valence-corrected chi connectivity index (χ0v) is 11.0. The van der Waals surface area contributed by atoms with Gasteiger partial charge in [0, 0.05) is 24.2 Å². The molecule has 0 fully saturated rings. The van der Waals surface area contributed by atoms with E-state index in [1.807, 2.05) is 31.2 Å². The molecule has 0 aliphatic carbocycles. The van der Waals surface area contributed by atoms with Crippen LogP contribution in [0, 0.1) is 6.92 Å². The molecule has 19 heavy (non-hydrogen) atoms. The zero-order valence-electron chi connectivity index (χ0n) is 11.0. The zero-order chi connectivity index (χ0) is 13.7. The number of aryl methyl sites for hydroxylation is 1. The lowest BCUT2D eigenvalue weighted by Crippen LogP contribution is -2.17. The third kappa shape index (κ3) is 3.69. The summed E-state index contributed by atoms with van der Waals surface area (Å²) >= 11 is 0. The number of nitrogens with two attached hydrogens (primary N) is 1. The summed E-state index contributed by atoms with van der Waals surface area (Å²) in [7, 11) is 0. The van der Waals surface area contributed by atoms with Crippen LogP contribution in [0.4, 0.5) is 5.69 Å². The molecule has 0 bridgehead atoms. The van der Waals surface area contributed by atoms with E-state index in [0.717, 1.165) is 11.3 Å². The number of rotatable bonds is 6. The first kappa shape index (κ1) is 13.4. The van der Waals surface area contributed by atoms with Crippen LogP contribution in [0.5, 0.6) is 0 Å². The fourth-order valence-electron chi connectivity index (χ4n) is 1.78. The first-order chi connectivity index (χ1) is 9.16. The topological polar surface area (TPSA) is 68.3 Å².